The Morgan fingerprint density at radius 3 is 2.50 bits per heavy atom. The fourth-order valence-corrected chi connectivity index (χ4v) is 5.65. The van der Waals surface area contributed by atoms with Gasteiger partial charge in [0, 0.05) is 12.6 Å². The Labute approximate surface area is 198 Å². The van der Waals surface area contributed by atoms with E-state index in [-0.39, 0.29) is 5.76 Å². The molecule has 0 bridgehead atoms. The molecule has 6 rings (SSSR count). The predicted octanol–water partition coefficient (Wildman–Crippen LogP) is 5.73. The summed E-state index contributed by atoms with van der Waals surface area (Å²) in [5, 5.41) is 4.48. The molecule has 34 heavy (non-hydrogen) atoms. The minimum absolute atomic E-state index is 0.179. The molecule has 6 heteroatoms. The predicted molar refractivity (Wildman–Crippen MR) is 130 cm³/mol. The molecular formula is C28H27NO5. The highest BCUT2D eigenvalue weighted by molar-refractivity contribution is 6.12. The highest BCUT2D eigenvalue weighted by atomic mass is 16.5. The summed E-state index contributed by atoms with van der Waals surface area (Å²) in [6.07, 6.45) is 6.30. The summed E-state index contributed by atoms with van der Waals surface area (Å²) >= 11 is 0. The Morgan fingerprint density at radius 2 is 1.74 bits per heavy atom. The van der Waals surface area contributed by atoms with E-state index in [2.05, 4.69) is 17.0 Å². The summed E-state index contributed by atoms with van der Waals surface area (Å²) in [7, 11) is 3.33. The van der Waals surface area contributed by atoms with Crippen LogP contribution < -0.4 is 14.2 Å². The van der Waals surface area contributed by atoms with Crippen LogP contribution >= 0.6 is 0 Å². The van der Waals surface area contributed by atoms with Crippen LogP contribution in [0.3, 0.4) is 0 Å². The summed E-state index contributed by atoms with van der Waals surface area (Å²) in [4.78, 5) is 15.1. The maximum atomic E-state index is 12.5. The van der Waals surface area contributed by atoms with E-state index in [1.807, 2.05) is 18.2 Å². The second-order valence-corrected chi connectivity index (χ2v) is 9.11. The average Bonchev–Trinajstić information content (AvgIpc) is 3.42. The minimum atomic E-state index is -0.512. The third-order valence-corrected chi connectivity index (χ3v) is 7.30. The highest BCUT2D eigenvalue weighted by Gasteiger charge is 2.31. The fourth-order valence-electron chi connectivity index (χ4n) is 5.65. The molecule has 1 fully saturated rings. The number of benzene rings is 3. The number of hydrogen-bond acceptors (Lipinski definition) is 6. The van der Waals surface area contributed by atoms with Crippen LogP contribution in [0, 0.1) is 0 Å². The summed E-state index contributed by atoms with van der Waals surface area (Å²) in [5.74, 6) is 1.56. The van der Waals surface area contributed by atoms with Crippen molar-refractivity contribution in [2.45, 2.75) is 38.3 Å². The average molecular weight is 458 g/mol. The van der Waals surface area contributed by atoms with Crippen LogP contribution in [0.15, 0.2) is 53.1 Å². The van der Waals surface area contributed by atoms with Crippen LogP contribution in [0.25, 0.3) is 21.5 Å². The molecule has 0 spiro atoms. The molecule has 2 aliphatic rings. The molecule has 174 valence electrons. The normalized spacial score (nSPS) is 17.9. The lowest BCUT2D eigenvalue weighted by Gasteiger charge is -2.41. The van der Waals surface area contributed by atoms with E-state index < -0.39 is 5.97 Å². The molecule has 0 amide bonds. The van der Waals surface area contributed by atoms with Crippen LogP contribution in [-0.4, -0.2) is 37.7 Å². The smallest absolute Gasteiger partial charge is 0.379 e. The Kier molecular flexibility index (Phi) is 5.18. The minimum Gasteiger partial charge on any atom is -0.493 e. The summed E-state index contributed by atoms with van der Waals surface area (Å²) < 4.78 is 22.1. The van der Waals surface area contributed by atoms with Crippen molar-refractivity contribution in [1.29, 1.82) is 0 Å². The van der Waals surface area contributed by atoms with Crippen LogP contribution in [0.2, 0.25) is 0 Å². The molecule has 3 aromatic carbocycles. The molecule has 0 N–H and O–H groups in total. The quantitative estimate of drug-likeness (QED) is 0.221. The van der Waals surface area contributed by atoms with E-state index in [9.17, 15) is 4.79 Å². The van der Waals surface area contributed by atoms with Crippen molar-refractivity contribution in [2.24, 2.45) is 0 Å². The number of carbonyl (C=O) groups is 1. The van der Waals surface area contributed by atoms with Crippen molar-refractivity contribution in [1.82, 2.24) is 4.90 Å². The lowest BCUT2D eigenvalue weighted by atomic mass is 9.82. The Hall–Kier alpha value is -3.51. The zero-order valence-electron chi connectivity index (χ0n) is 19.4. The number of hydrogen-bond donors (Lipinski definition) is 0. The molecule has 3 heterocycles. The standard InChI is InChI=1S/C28H27NO5/c1-31-26-14-22-20-12-17-6-3-4-10-29(17)16-24(20)19-9-8-18(34-28(30)25-7-5-11-33-25)13-21(19)23(22)15-27(26)32-2/h5,7-9,11,13-15,17H,3-4,6,10,12,16H2,1-2H3. The van der Waals surface area contributed by atoms with Gasteiger partial charge in [-0.1, -0.05) is 12.5 Å². The number of ether oxygens (including phenoxy) is 3. The first-order valence-electron chi connectivity index (χ1n) is 11.8. The first-order valence-corrected chi connectivity index (χ1v) is 11.8. The second kappa shape index (κ2) is 8.37. The van der Waals surface area contributed by atoms with Gasteiger partial charge in [-0.05, 0) is 94.9 Å². The molecule has 6 nitrogen and oxygen atoms in total. The summed E-state index contributed by atoms with van der Waals surface area (Å²) in [5.41, 5.74) is 2.75. The van der Waals surface area contributed by atoms with Crippen LogP contribution in [0.4, 0.5) is 0 Å². The van der Waals surface area contributed by atoms with Gasteiger partial charge in [0.1, 0.15) is 5.75 Å². The molecule has 0 radical (unpaired) electrons. The molecule has 1 unspecified atom stereocenters. The molecule has 4 aromatic rings. The second-order valence-electron chi connectivity index (χ2n) is 9.11. The molecular weight excluding hydrogens is 430 g/mol. The first kappa shape index (κ1) is 21.1. The van der Waals surface area contributed by atoms with E-state index in [1.165, 1.54) is 47.4 Å². The van der Waals surface area contributed by atoms with E-state index in [0.717, 1.165) is 36.0 Å². The number of esters is 1. The molecule has 1 saturated heterocycles. The van der Waals surface area contributed by atoms with Gasteiger partial charge in [0.15, 0.2) is 11.5 Å². The Balaban J connectivity index is 1.56. The van der Waals surface area contributed by atoms with Gasteiger partial charge in [0.2, 0.25) is 5.76 Å². The monoisotopic (exact) mass is 457 g/mol. The zero-order valence-corrected chi connectivity index (χ0v) is 19.4. The van der Waals surface area contributed by atoms with Gasteiger partial charge < -0.3 is 18.6 Å². The van der Waals surface area contributed by atoms with Crippen molar-refractivity contribution >= 4 is 27.5 Å². The number of nitrogens with zero attached hydrogens (tertiary/aromatic N) is 1. The SMILES string of the molecule is COc1cc2c3c(c4ccc(OC(=O)c5ccco5)cc4c2cc1OC)CN1CCCCC1C3. The van der Waals surface area contributed by atoms with Crippen LogP contribution in [0.5, 0.6) is 17.2 Å². The number of fused-ring (bicyclic) bond motifs is 7. The van der Waals surface area contributed by atoms with E-state index in [1.54, 1.807) is 26.4 Å². The largest absolute Gasteiger partial charge is 0.493 e. The number of rotatable bonds is 4. The number of carbonyl (C=O) groups excluding carboxylic acids is 1. The van der Waals surface area contributed by atoms with Crippen LogP contribution in [-0.2, 0) is 13.0 Å². The van der Waals surface area contributed by atoms with Gasteiger partial charge in [0.05, 0.1) is 20.5 Å². The lowest BCUT2D eigenvalue weighted by Crippen LogP contribution is -2.43. The van der Waals surface area contributed by atoms with E-state index in [4.69, 9.17) is 18.6 Å². The Bertz CT molecular complexity index is 1390. The van der Waals surface area contributed by atoms with E-state index >= 15 is 0 Å². The fraction of sp³-hybridized carbons (Fsp3) is 0.321. The zero-order chi connectivity index (χ0) is 23.2. The Morgan fingerprint density at radius 1 is 0.941 bits per heavy atom. The van der Waals surface area contributed by atoms with Gasteiger partial charge >= 0.3 is 5.97 Å². The highest BCUT2D eigenvalue weighted by Crippen LogP contribution is 2.44. The van der Waals surface area contributed by atoms with Gasteiger partial charge in [-0.15, -0.1) is 0 Å². The van der Waals surface area contributed by atoms with Crippen molar-refractivity contribution in [3.05, 3.63) is 65.6 Å². The summed E-state index contributed by atoms with van der Waals surface area (Å²) in [6.45, 7) is 2.08. The number of furan rings is 1. The van der Waals surface area contributed by atoms with Crippen molar-refractivity contribution in [3.63, 3.8) is 0 Å². The first-order chi connectivity index (χ1) is 16.7. The molecule has 2 aliphatic heterocycles. The number of piperidine rings is 1. The van der Waals surface area contributed by atoms with Crippen LogP contribution in [0.1, 0.15) is 40.9 Å². The maximum absolute atomic E-state index is 12.5. The number of methoxy groups -OCH3 is 2. The lowest BCUT2D eigenvalue weighted by molar-refractivity contribution is 0.0701. The van der Waals surface area contributed by atoms with Gasteiger partial charge in [-0.25, -0.2) is 4.79 Å². The van der Waals surface area contributed by atoms with Gasteiger partial charge in [-0.3, -0.25) is 4.90 Å². The third-order valence-electron chi connectivity index (χ3n) is 7.30. The van der Waals surface area contributed by atoms with Crippen molar-refractivity contribution in [3.8, 4) is 17.2 Å². The third kappa shape index (κ3) is 3.41. The summed E-state index contributed by atoms with van der Waals surface area (Å²) in [6, 6.07) is 13.9. The van der Waals surface area contributed by atoms with E-state index in [0.29, 0.717) is 17.5 Å². The van der Waals surface area contributed by atoms with Gasteiger partial charge in [0.25, 0.3) is 0 Å². The molecule has 1 atom stereocenters. The maximum Gasteiger partial charge on any atom is 0.379 e. The molecule has 0 saturated carbocycles. The molecule has 0 aliphatic carbocycles. The molecule has 1 aromatic heterocycles. The van der Waals surface area contributed by atoms with Crippen molar-refractivity contribution in [2.75, 3.05) is 20.8 Å². The van der Waals surface area contributed by atoms with Gasteiger partial charge in [-0.2, -0.15) is 0 Å². The topological polar surface area (TPSA) is 61.1 Å². The van der Waals surface area contributed by atoms with Crippen molar-refractivity contribution < 1.29 is 23.4 Å².